The minimum atomic E-state index is 0.0228. The van der Waals surface area contributed by atoms with Crippen molar-refractivity contribution < 1.29 is 4.74 Å². The lowest BCUT2D eigenvalue weighted by Crippen LogP contribution is -2.74. The van der Waals surface area contributed by atoms with E-state index in [4.69, 9.17) is 10.5 Å². The quantitative estimate of drug-likeness (QED) is 0.807. The van der Waals surface area contributed by atoms with Gasteiger partial charge in [0.15, 0.2) is 0 Å². The zero-order chi connectivity index (χ0) is 17.5. The molecule has 1 saturated carbocycles. The highest BCUT2D eigenvalue weighted by atomic mass is 16.5. The van der Waals surface area contributed by atoms with Gasteiger partial charge in [-0.1, -0.05) is 26.7 Å². The van der Waals surface area contributed by atoms with E-state index in [0.717, 1.165) is 31.0 Å². The number of ether oxygens (including phenoxy) is 1. The number of piperidine rings is 1. The van der Waals surface area contributed by atoms with Gasteiger partial charge >= 0.3 is 0 Å². The van der Waals surface area contributed by atoms with Crippen molar-refractivity contribution >= 4 is 7.85 Å². The highest BCUT2D eigenvalue weighted by Crippen LogP contribution is 2.50. The first-order valence-electron chi connectivity index (χ1n) is 10.4. The van der Waals surface area contributed by atoms with Crippen LogP contribution in [0.3, 0.4) is 0 Å². The first-order chi connectivity index (χ1) is 11.3. The lowest BCUT2D eigenvalue weighted by molar-refractivity contribution is -0.226. The van der Waals surface area contributed by atoms with E-state index in [-0.39, 0.29) is 5.44 Å². The van der Waals surface area contributed by atoms with Gasteiger partial charge in [-0.3, -0.25) is 4.90 Å². The monoisotopic (exact) mass is 334 g/mol. The van der Waals surface area contributed by atoms with Crippen molar-refractivity contribution in [3.63, 3.8) is 0 Å². The fourth-order valence-corrected chi connectivity index (χ4v) is 6.17. The molecule has 1 spiro atoms. The predicted molar refractivity (Wildman–Crippen MR) is 104 cm³/mol. The molecule has 3 rings (SSSR count). The second-order valence-corrected chi connectivity index (χ2v) is 10.1. The number of likely N-dealkylation sites (tertiary alicyclic amines) is 1. The molecule has 3 fully saturated rings. The fraction of sp³-hybridized carbons (Fsp3) is 1.00. The molecule has 0 radical (unpaired) electrons. The maximum atomic E-state index is 6.69. The maximum Gasteiger partial charge on any atom is 0.127 e. The van der Waals surface area contributed by atoms with Crippen molar-refractivity contribution in [1.82, 2.24) is 4.90 Å². The van der Waals surface area contributed by atoms with E-state index in [2.05, 4.69) is 40.4 Å². The van der Waals surface area contributed by atoms with Gasteiger partial charge in [-0.05, 0) is 69.1 Å². The van der Waals surface area contributed by atoms with Gasteiger partial charge in [0, 0.05) is 12.1 Å². The topological polar surface area (TPSA) is 38.5 Å². The number of nitrogens with two attached hydrogens (primary N) is 1. The first-order valence-corrected chi connectivity index (χ1v) is 10.4. The molecule has 3 aliphatic rings. The van der Waals surface area contributed by atoms with E-state index in [9.17, 15) is 0 Å². The van der Waals surface area contributed by atoms with Gasteiger partial charge in [0.1, 0.15) is 7.85 Å². The smallest absolute Gasteiger partial charge is 0.127 e. The Balaban J connectivity index is 1.92. The Kier molecular flexibility index (Phi) is 5.40. The Labute approximate surface area is 150 Å². The van der Waals surface area contributed by atoms with Crippen LogP contribution in [-0.4, -0.2) is 49.0 Å². The summed E-state index contributed by atoms with van der Waals surface area (Å²) < 4.78 is 5.82. The Morgan fingerprint density at radius 3 is 2.46 bits per heavy atom. The summed E-state index contributed by atoms with van der Waals surface area (Å²) in [5, 5.41) is 0. The molecule has 138 valence electrons. The highest BCUT2D eigenvalue weighted by molar-refractivity contribution is 6.15. The van der Waals surface area contributed by atoms with Crippen LogP contribution in [0.25, 0.3) is 0 Å². The number of hydrogen-bond acceptors (Lipinski definition) is 3. The zero-order valence-electron chi connectivity index (χ0n) is 16.7. The Hall–Kier alpha value is -0.0551. The van der Waals surface area contributed by atoms with Gasteiger partial charge < -0.3 is 10.5 Å². The van der Waals surface area contributed by atoms with Crippen LogP contribution in [0.15, 0.2) is 0 Å². The summed E-state index contributed by atoms with van der Waals surface area (Å²) in [6.45, 7) is 11.5. The van der Waals surface area contributed by atoms with Crippen LogP contribution in [-0.2, 0) is 4.74 Å². The van der Waals surface area contributed by atoms with Gasteiger partial charge in [-0.25, -0.2) is 0 Å². The minimum Gasteiger partial charge on any atom is -0.377 e. The molecule has 2 heterocycles. The fourth-order valence-electron chi connectivity index (χ4n) is 6.17. The molecule has 0 bridgehead atoms. The van der Waals surface area contributed by atoms with E-state index in [0.29, 0.717) is 17.6 Å². The molecule has 0 aromatic rings. The van der Waals surface area contributed by atoms with Gasteiger partial charge in [0.2, 0.25) is 0 Å². The van der Waals surface area contributed by atoms with E-state index >= 15 is 0 Å². The lowest BCUT2D eigenvalue weighted by atomic mass is 9.59. The molecule has 0 aromatic heterocycles. The van der Waals surface area contributed by atoms with Crippen molar-refractivity contribution in [1.29, 1.82) is 0 Å². The minimum absolute atomic E-state index is 0.0228. The van der Waals surface area contributed by atoms with Crippen LogP contribution in [0.1, 0.15) is 72.6 Å². The Bertz CT molecular complexity index is 433. The van der Waals surface area contributed by atoms with Crippen molar-refractivity contribution in [2.75, 3.05) is 13.2 Å². The van der Waals surface area contributed by atoms with Crippen LogP contribution in [0.2, 0.25) is 0 Å². The van der Waals surface area contributed by atoms with Crippen LogP contribution >= 0.6 is 0 Å². The Morgan fingerprint density at radius 2 is 1.92 bits per heavy atom. The van der Waals surface area contributed by atoms with Crippen molar-refractivity contribution in [2.45, 2.75) is 95.7 Å². The summed E-state index contributed by atoms with van der Waals surface area (Å²) >= 11 is 0. The molecule has 0 amide bonds. The molecule has 4 heteroatoms. The van der Waals surface area contributed by atoms with Crippen molar-refractivity contribution in [3.05, 3.63) is 0 Å². The summed E-state index contributed by atoms with van der Waals surface area (Å²) in [5.41, 5.74) is 7.03. The van der Waals surface area contributed by atoms with Crippen LogP contribution in [0.4, 0.5) is 0 Å². The van der Waals surface area contributed by atoms with Crippen LogP contribution < -0.4 is 5.73 Å². The summed E-state index contributed by atoms with van der Waals surface area (Å²) in [5.74, 6) is 2.29. The summed E-state index contributed by atoms with van der Waals surface area (Å²) in [4.78, 5) is 2.90. The lowest BCUT2D eigenvalue weighted by Gasteiger charge is -2.64. The number of hydrogen-bond donors (Lipinski definition) is 1. The molecule has 0 aromatic carbocycles. The number of nitrogens with zero attached hydrogens (tertiary/aromatic N) is 1. The van der Waals surface area contributed by atoms with Gasteiger partial charge in [0.05, 0.1) is 18.8 Å². The second kappa shape index (κ2) is 6.93. The first kappa shape index (κ1) is 18.7. The third-order valence-electron chi connectivity index (χ3n) is 7.01. The summed E-state index contributed by atoms with van der Waals surface area (Å²) in [7, 11) is 2.30. The normalized spacial score (nSPS) is 40.2. The third kappa shape index (κ3) is 3.43. The highest BCUT2D eigenvalue weighted by Gasteiger charge is 2.58. The van der Waals surface area contributed by atoms with E-state index < -0.39 is 0 Å². The molecule has 2 N–H and O–H groups in total. The van der Waals surface area contributed by atoms with Gasteiger partial charge in [-0.2, -0.15) is 0 Å². The predicted octanol–water partition coefficient (Wildman–Crippen LogP) is 2.77. The molecule has 1 aliphatic carbocycles. The second-order valence-electron chi connectivity index (χ2n) is 10.1. The van der Waals surface area contributed by atoms with Crippen molar-refractivity contribution in [2.24, 2.45) is 23.5 Å². The molecule has 2 saturated heterocycles. The molecular formula is C20H39BN2O. The maximum absolute atomic E-state index is 6.69. The molecule has 24 heavy (non-hydrogen) atoms. The zero-order valence-corrected chi connectivity index (χ0v) is 16.7. The van der Waals surface area contributed by atoms with E-state index in [1.807, 2.05) is 0 Å². The average Bonchev–Trinajstić information content (AvgIpc) is 2.39. The van der Waals surface area contributed by atoms with Crippen LogP contribution in [0.5, 0.6) is 0 Å². The molecule has 4 unspecified atom stereocenters. The Morgan fingerprint density at radius 1 is 1.21 bits per heavy atom. The van der Waals surface area contributed by atoms with Gasteiger partial charge in [-0.15, -0.1) is 0 Å². The molecule has 3 nitrogen and oxygen atoms in total. The summed E-state index contributed by atoms with van der Waals surface area (Å²) in [6.07, 6.45) is 9.08. The largest absolute Gasteiger partial charge is 0.377 e. The van der Waals surface area contributed by atoms with E-state index in [1.165, 1.54) is 44.9 Å². The standard InChI is InChI=1S/C20H39BN2O/c1-14(2)9-17-10-16-11-20(21,22)8-6-5-7-18(16)23(15(3)4)19(17)12-24-13-19/h14-18H,5-13,21-22H2,1-4H3. The van der Waals surface area contributed by atoms with Crippen LogP contribution in [0, 0.1) is 17.8 Å². The van der Waals surface area contributed by atoms with Gasteiger partial charge in [0.25, 0.3) is 0 Å². The van der Waals surface area contributed by atoms with Crippen molar-refractivity contribution in [3.8, 4) is 0 Å². The molecule has 4 atom stereocenters. The third-order valence-corrected chi connectivity index (χ3v) is 7.01. The number of rotatable bonds is 3. The average molecular weight is 334 g/mol. The SMILES string of the molecule is BC1(N)CCCCC2C(CC(CC(C)C)C3(COC3)N2C(C)C)C1. The molecular weight excluding hydrogens is 295 g/mol. The summed E-state index contributed by atoms with van der Waals surface area (Å²) in [6, 6.07) is 1.31. The van der Waals surface area contributed by atoms with E-state index in [1.54, 1.807) is 0 Å². The number of fused-ring (bicyclic) bond motifs is 1. The molecule has 2 aliphatic heterocycles.